The van der Waals surface area contributed by atoms with E-state index in [-0.39, 0.29) is 13.0 Å². The summed E-state index contributed by atoms with van der Waals surface area (Å²) < 4.78 is 9.80. The zero-order chi connectivity index (χ0) is 12.7. The molecular weight excluding hydrogens is 226 g/mol. The molecule has 100 valence electrons. The van der Waals surface area contributed by atoms with Crippen molar-refractivity contribution in [3.63, 3.8) is 0 Å². The van der Waals surface area contributed by atoms with Gasteiger partial charge < -0.3 is 25.0 Å². The largest absolute Gasteiger partial charge is 0.466 e. The van der Waals surface area contributed by atoms with Crippen LogP contribution in [0.4, 0.5) is 0 Å². The van der Waals surface area contributed by atoms with Gasteiger partial charge in [0.2, 0.25) is 0 Å². The van der Waals surface area contributed by atoms with Gasteiger partial charge in [-0.1, -0.05) is 0 Å². The van der Waals surface area contributed by atoms with Crippen LogP contribution >= 0.6 is 0 Å². The molecule has 1 heterocycles. The second kappa shape index (κ2) is 6.90. The lowest BCUT2D eigenvalue weighted by Gasteiger charge is -2.21. The number of carbonyl (C=O) groups is 1. The van der Waals surface area contributed by atoms with Crippen molar-refractivity contribution >= 4 is 5.97 Å². The smallest absolute Gasteiger partial charge is 0.308 e. The number of hydrogen-bond acceptors (Lipinski definition) is 6. The van der Waals surface area contributed by atoms with Crippen LogP contribution in [0.1, 0.15) is 19.8 Å². The summed E-state index contributed by atoms with van der Waals surface area (Å²) in [5.74, 6) is -0.412. The highest BCUT2D eigenvalue weighted by Gasteiger charge is 2.31. The molecule has 17 heavy (non-hydrogen) atoms. The van der Waals surface area contributed by atoms with Gasteiger partial charge in [0.15, 0.2) is 0 Å². The van der Waals surface area contributed by atoms with Crippen molar-refractivity contribution in [2.75, 3.05) is 32.9 Å². The lowest BCUT2D eigenvalue weighted by molar-refractivity contribution is -0.145. The van der Waals surface area contributed by atoms with E-state index in [0.29, 0.717) is 32.8 Å². The van der Waals surface area contributed by atoms with Crippen LogP contribution in [0.5, 0.6) is 0 Å². The average Bonchev–Trinajstić information content (AvgIpc) is 2.65. The minimum atomic E-state index is -0.844. The van der Waals surface area contributed by atoms with E-state index >= 15 is 0 Å². The standard InChI is InChI=1S/C11H21NO5/c1-2-17-10(14)5-9(13)6-12-7-11(15)3-4-16-8-11/h9,12-13,15H,2-8H2,1H3. The molecule has 1 aliphatic heterocycles. The topological polar surface area (TPSA) is 88.0 Å². The van der Waals surface area contributed by atoms with Crippen molar-refractivity contribution in [2.45, 2.75) is 31.5 Å². The van der Waals surface area contributed by atoms with Gasteiger partial charge in [0.25, 0.3) is 0 Å². The quantitative estimate of drug-likeness (QED) is 0.502. The first-order valence-corrected chi connectivity index (χ1v) is 5.90. The molecule has 0 aromatic carbocycles. The van der Waals surface area contributed by atoms with Crippen LogP contribution in [0.15, 0.2) is 0 Å². The number of rotatable bonds is 7. The van der Waals surface area contributed by atoms with E-state index in [9.17, 15) is 15.0 Å². The van der Waals surface area contributed by atoms with E-state index in [1.54, 1.807) is 6.92 Å². The van der Waals surface area contributed by atoms with Gasteiger partial charge in [0, 0.05) is 26.1 Å². The number of nitrogens with one attached hydrogen (secondary N) is 1. The third-order valence-corrected chi connectivity index (χ3v) is 2.62. The molecule has 3 N–H and O–H groups in total. The SMILES string of the molecule is CCOC(=O)CC(O)CNCC1(O)CCOC1. The fraction of sp³-hybridized carbons (Fsp3) is 0.909. The summed E-state index contributed by atoms with van der Waals surface area (Å²) in [4.78, 5) is 11.1. The molecule has 0 aliphatic carbocycles. The first kappa shape index (κ1) is 14.4. The van der Waals surface area contributed by atoms with Crippen LogP contribution in [0.2, 0.25) is 0 Å². The van der Waals surface area contributed by atoms with Gasteiger partial charge in [-0.05, 0) is 6.92 Å². The Labute approximate surface area is 101 Å². The van der Waals surface area contributed by atoms with E-state index in [0.717, 1.165) is 0 Å². The van der Waals surface area contributed by atoms with E-state index in [4.69, 9.17) is 9.47 Å². The Kier molecular flexibility index (Phi) is 5.84. The van der Waals surface area contributed by atoms with E-state index in [1.165, 1.54) is 0 Å². The van der Waals surface area contributed by atoms with Crippen molar-refractivity contribution in [3.05, 3.63) is 0 Å². The fourth-order valence-corrected chi connectivity index (χ4v) is 1.69. The summed E-state index contributed by atoms with van der Waals surface area (Å²) in [6, 6.07) is 0. The van der Waals surface area contributed by atoms with Crippen LogP contribution in [-0.2, 0) is 14.3 Å². The lowest BCUT2D eigenvalue weighted by Crippen LogP contribution is -2.43. The molecule has 6 heteroatoms. The van der Waals surface area contributed by atoms with Crippen molar-refractivity contribution in [1.29, 1.82) is 0 Å². The predicted octanol–water partition coefficient (Wildman–Crippen LogP) is -0.958. The van der Waals surface area contributed by atoms with Crippen molar-refractivity contribution in [3.8, 4) is 0 Å². The monoisotopic (exact) mass is 247 g/mol. The minimum Gasteiger partial charge on any atom is -0.466 e. The number of aliphatic hydroxyl groups is 2. The molecule has 0 aromatic heterocycles. The number of aliphatic hydroxyl groups excluding tert-OH is 1. The van der Waals surface area contributed by atoms with Gasteiger partial charge >= 0.3 is 5.97 Å². The maximum atomic E-state index is 11.1. The summed E-state index contributed by atoms with van der Waals surface area (Å²) in [6.07, 6.45) is -0.232. The summed E-state index contributed by atoms with van der Waals surface area (Å²) in [7, 11) is 0. The Morgan fingerprint density at radius 3 is 3.00 bits per heavy atom. The van der Waals surface area contributed by atoms with Gasteiger partial charge in [-0.2, -0.15) is 0 Å². The Morgan fingerprint density at radius 1 is 1.65 bits per heavy atom. The van der Waals surface area contributed by atoms with E-state index in [2.05, 4.69) is 5.32 Å². The number of ether oxygens (including phenoxy) is 2. The molecular formula is C11H21NO5. The summed E-state index contributed by atoms with van der Waals surface area (Å²) in [5, 5.41) is 22.4. The Morgan fingerprint density at radius 2 is 2.41 bits per heavy atom. The average molecular weight is 247 g/mol. The summed E-state index contributed by atoms with van der Waals surface area (Å²) in [5.41, 5.74) is -0.844. The van der Waals surface area contributed by atoms with Gasteiger partial charge in [-0.15, -0.1) is 0 Å². The molecule has 1 aliphatic rings. The van der Waals surface area contributed by atoms with Crippen LogP contribution in [-0.4, -0.2) is 60.8 Å². The Balaban J connectivity index is 2.11. The third-order valence-electron chi connectivity index (χ3n) is 2.62. The normalized spacial score (nSPS) is 25.8. The van der Waals surface area contributed by atoms with E-state index < -0.39 is 17.7 Å². The van der Waals surface area contributed by atoms with Gasteiger partial charge in [-0.25, -0.2) is 0 Å². The molecule has 1 rings (SSSR count). The summed E-state index contributed by atoms with van der Waals surface area (Å²) >= 11 is 0. The highest BCUT2D eigenvalue weighted by atomic mass is 16.5. The van der Waals surface area contributed by atoms with Crippen molar-refractivity contribution in [1.82, 2.24) is 5.32 Å². The van der Waals surface area contributed by atoms with Gasteiger partial charge in [-0.3, -0.25) is 4.79 Å². The maximum absolute atomic E-state index is 11.1. The maximum Gasteiger partial charge on any atom is 0.308 e. The molecule has 0 aromatic rings. The number of hydrogen-bond donors (Lipinski definition) is 3. The van der Waals surface area contributed by atoms with Crippen LogP contribution < -0.4 is 5.32 Å². The van der Waals surface area contributed by atoms with Crippen molar-refractivity contribution < 1.29 is 24.5 Å². The molecule has 0 radical (unpaired) electrons. The van der Waals surface area contributed by atoms with Gasteiger partial charge in [0.1, 0.15) is 5.60 Å². The Bertz CT molecular complexity index is 240. The molecule has 2 atom stereocenters. The molecule has 1 fully saturated rings. The van der Waals surface area contributed by atoms with Gasteiger partial charge in [0.05, 0.1) is 25.7 Å². The predicted molar refractivity (Wildman–Crippen MR) is 60.5 cm³/mol. The van der Waals surface area contributed by atoms with Crippen LogP contribution in [0.25, 0.3) is 0 Å². The first-order valence-electron chi connectivity index (χ1n) is 5.90. The molecule has 0 saturated carbocycles. The van der Waals surface area contributed by atoms with Crippen LogP contribution in [0.3, 0.4) is 0 Å². The van der Waals surface area contributed by atoms with E-state index in [1.807, 2.05) is 0 Å². The highest BCUT2D eigenvalue weighted by molar-refractivity contribution is 5.69. The van der Waals surface area contributed by atoms with Crippen molar-refractivity contribution in [2.24, 2.45) is 0 Å². The second-order valence-electron chi connectivity index (χ2n) is 4.32. The molecule has 2 unspecified atom stereocenters. The summed E-state index contributed by atoms with van der Waals surface area (Å²) in [6.45, 7) is 3.51. The molecule has 0 bridgehead atoms. The second-order valence-corrected chi connectivity index (χ2v) is 4.32. The molecule has 0 amide bonds. The zero-order valence-electron chi connectivity index (χ0n) is 10.1. The molecule has 0 spiro atoms. The minimum absolute atomic E-state index is 0.0320. The third kappa shape index (κ3) is 5.45. The first-order chi connectivity index (χ1) is 8.06. The fourth-order valence-electron chi connectivity index (χ4n) is 1.69. The zero-order valence-corrected chi connectivity index (χ0v) is 10.1. The number of esters is 1. The Hall–Kier alpha value is -0.690. The molecule has 6 nitrogen and oxygen atoms in total. The number of carbonyl (C=O) groups excluding carboxylic acids is 1. The van der Waals surface area contributed by atoms with Crippen LogP contribution in [0, 0.1) is 0 Å². The molecule has 1 saturated heterocycles. The highest BCUT2D eigenvalue weighted by Crippen LogP contribution is 2.16. The lowest BCUT2D eigenvalue weighted by atomic mass is 10.0.